The standard InChI is InChI=1S/C15H21N5O4S/c1-11(2)18-25(23,24)9-13-7-5-4-6-12(13)8-16-14-15(20(21)22)17-10-19(14)3/h4-7,10-11,16,18H,8-9H2,1-3H3. The molecule has 0 atom stereocenters. The normalized spacial score (nSPS) is 11.7. The second-order valence-electron chi connectivity index (χ2n) is 5.94. The van der Waals surface area contributed by atoms with Gasteiger partial charge in [0.2, 0.25) is 22.2 Å². The minimum Gasteiger partial charge on any atom is -0.360 e. The first-order chi connectivity index (χ1) is 11.7. The van der Waals surface area contributed by atoms with Crippen molar-refractivity contribution in [2.24, 2.45) is 7.05 Å². The molecule has 0 spiro atoms. The summed E-state index contributed by atoms with van der Waals surface area (Å²) >= 11 is 0. The minimum absolute atomic E-state index is 0.156. The maximum Gasteiger partial charge on any atom is 0.406 e. The van der Waals surface area contributed by atoms with Gasteiger partial charge in [0.1, 0.15) is 0 Å². The molecule has 136 valence electrons. The van der Waals surface area contributed by atoms with E-state index in [1.54, 1.807) is 45.2 Å². The van der Waals surface area contributed by atoms with Gasteiger partial charge < -0.3 is 15.4 Å². The van der Waals surface area contributed by atoms with Crippen molar-refractivity contribution in [3.63, 3.8) is 0 Å². The highest BCUT2D eigenvalue weighted by molar-refractivity contribution is 7.88. The number of rotatable bonds is 8. The number of benzene rings is 1. The van der Waals surface area contributed by atoms with Crippen molar-refractivity contribution in [1.29, 1.82) is 0 Å². The highest BCUT2D eigenvalue weighted by Crippen LogP contribution is 2.22. The monoisotopic (exact) mass is 367 g/mol. The number of nitrogens with one attached hydrogen (secondary N) is 2. The zero-order chi connectivity index (χ0) is 18.6. The van der Waals surface area contributed by atoms with E-state index >= 15 is 0 Å². The van der Waals surface area contributed by atoms with Crippen molar-refractivity contribution in [3.05, 3.63) is 51.8 Å². The predicted octanol–water partition coefficient (Wildman–Crippen LogP) is 1.77. The average molecular weight is 367 g/mol. The summed E-state index contributed by atoms with van der Waals surface area (Å²) in [5.41, 5.74) is 1.38. The smallest absolute Gasteiger partial charge is 0.360 e. The SMILES string of the molecule is CC(C)NS(=O)(=O)Cc1ccccc1CNc1c([N+](=O)[O-])ncn1C. The third kappa shape index (κ3) is 5.00. The fourth-order valence-electron chi connectivity index (χ4n) is 2.41. The van der Waals surface area contributed by atoms with E-state index in [9.17, 15) is 18.5 Å². The Kier molecular flexibility index (Phi) is 5.75. The lowest BCUT2D eigenvalue weighted by Gasteiger charge is -2.13. The van der Waals surface area contributed by atoms with Gasteiger partial charge in [-0.05, 0) is 34.9 Å². The van der Waals surface area contributed by atoms with Crippen LogP contribution in [-0.2, 0) is 29.4 Å². The van der Waals surface area contributed by atoms with Gasteiger partial charge in [0.25, 0.3) is 0 Å². The molecule has 10 heteroatoms. The predicted molar refractivity (Wildman–Crippen MR) is 94.5 cm³/mol. The van der Waals surface area contributed by atoms with Gasteiger partial charge in [0.05, 0.1) is 5.75 Å². The highest BCUT2D eigenvalue weighted by atomic mass is 32.2. The molecular weight excluding hydrogens is 346 g/mol. The summed E-state index contributed by atoms with van der Waals surface area (Å²) in [6, 6.07) is 6.88. The number of anilines is 1. The minimum atomic E-state index is -3.46. The number of aromatic nitrogens is 2. The Morgan fingerprint density at radius 3 is 2.52 bits per heavy atom. The van der Waals surface area contributed by atoms with Crippen LogP contribution in [-0.4, -0.2) is 28.9 Å². The molecule has 2 aromatic rings. The number of hydrogen-bond donors (Lipinski definition) is 2. The molecule has 0 fully saturated rings. The molecule has 0 aliphatic rings. The Balaban J connectivity index is 2.19. The van der Waals surface area contributed by atoms with Gasteiger partial charge in [-0.15, -0.1) is 0 Å². The fourth-order valence-corrected chi connectivity index (χ4v) is 3.90. The van der Waals surface area contributed by atoms with E-state index in [1.807, 2.05) is 0 Å². The Morgan fingerprint density at radius 1 is 1.28 bits per heavy atom. The second-order valence-corrected chi connectivity index (χ2v) is 7.69. The third-order valence-electron chi connectivity index (χ3n) is 3.42. The van der Waals surface area contributed by atoms with Gasteiger partial charge in [-0.25, -0.2) is 13.1 Å². The summed E-state index contributed by atoms with van der Waals surface area (Å²) in [6.07, 6.45) is 1.35. The molecule has 2 N–H and O–H groups in total. The van der Waals surface area contributed by atoms with Crippen LogP contribution in [0.4, 0.5) is 11.6 Å². The number of nitrogens with zero attached hydrogens (tertiary/aromatic N) is 3. The average Bonchev–Trinajstić information content (AvgIpc) is 2.86. The van der Waals surface area contributed by atoms with E-state index in [0.717, 1.165) is 5.56 Å². The number of nitro groups is 1. The zero-order valence-corrected chi connectivity index (χ0v) is 15.1. The first-order valence-electron chi connectivity index (χ1n) is 7.66. The Hall–Kier alpha value is -2.46. The van der Waals surface area contributed by atoms with E-state index in [2.05, 4.69) is 15.0 Å². The van der Waals surface area contributed by atoms with E-state index < -0.39 is 14.9 Å². The molecule has 0 saturated heterocycles. The number of imidazole rings is 1. The quantitative estimate of drug-likeness (QED) is 0.542. The molecule has 9 nitrogen and oxygen atoms in total. The van der Waals surface area contributed by atoms with Crippen molar-refractivity contribution < 1.29 is 13.3 Å². The summed E-state index contributed by atoms with van der Waals surface area (Å²) < 4.78 is 28.4. The van der Waals surface area contributed by atoms with E-state index in [1.165, 1.54) is 10.9 Å². The third-order valence-corrected chi connectivity index (χ3v) is 4.94. The molecule has 0 aliphatic carbocycles. The summed E-state index contributed by atoms with van der Waals surface area (Å²) in [4.78, 5) is 14.2. The molecule has 1 aromatic heterocycles. The van der Waals surface area contributed by atoms with Crippen molar-refractivity contribution in [2.75, 3.05) is 5.32 Å². The lowest BCUT2D eigenvalue weighted by molar-refractivity contribution is -0.388. The summed E-state index contributed by atoms with van der Waals surface area (Å²) in [6.45, 7) is 3.76. The number of hydrogen-bond acceptors (Lipinski definition) is 6. The van der Waals surface area contributed by atoms with Crippen LogP contribution in [0.1, 0.15) is 25.0 Å². The number of sulfonamides is 1. The van der Waals surface area contributed by atoms with Crippen molar-refractivity contribution >= 4 is 21.7 Å². The van der Waals surface area contributed by atoms with E-state index in [-0.39, 0.29) is 30.0 Å². The molecule has 0 radical (unpaired) electrons. The molecule has 1 aromatic carbocycles. The second kappa shape index (κ2) is 7.62. The summed E-state index contributed by atoms with van der Waals surface area (Å²) in [7, 11) is -1.82. The van der Waals surface area contributed by atoms with Crippen LogP contribution >= 0.6 is 0 Å². The highest BCUT2D eigenvalue weighted by Gasteiger charge is 2.20. The van der Waals surface area contributed by atoms with Crippen LogP contribution in [0.2, 0.25) is 0 Å². The van der Waals surface area contributed by atoms with Crippen LogP contribution in [0.25, 0.3) is 0 Å². The largest absolute Gasteiger partial charge is 0.406 e. The van der Waals surface area contributed by atoms with Crippen LogP contribution in [0.5, 0.6) is 0 Å². The molecule has 0 aliphatic heterocycles. The van der Waals surface area contributed by atoms with Gasteiger partial charge in [0, 0.05) is 19.6 Å². The van der Waals surface area contributed by atoms with Gasteiger partial charge in [0.15, 0.2) is 0 Å². The molecule has 0 bridgehead atoms. The Morgan fingerprint density at radius 2 is 1.92 bits per heavy atom. The lowest BCUT2D eigenvalue weighted by atomic mass is 10.1. The van der Waals surface area contributed by atoms with Crippen molar-refractivity contribution in [3.8, 4) is 0 Å². The molecular formula is C15H21N5O4S. The van der Waals surface area contributed by atoms with Gasteiger partial charge in [-0.2, -0.15) is 0 Å². The topological polar surface area (TPSA) is 119 Å². The van der Waals surface area contributed by atoms with Gasteiger partial charge in [-0.3, -0.25) is 4.57 Å². The maximum absolute atomic E-state index is 12.2. The van der Waals surface area contributed by atoms with Crippen LogP contribution in [0.3, 0.4) is 0 Å². The molecule has 0 amide bonds. The van der Waals surface area contributed by atoms with Crippen LogP contribution in [0, 0.1) is 10.1 Å². The molecule has 1 heterocycles. The Bertz CT molecular complexity index is 861. The van der Waals surface area contributed by atoms with Gasteiger partial charge in [-0.1, -0.05) is 24.3 Å². The number of aryl methyl sites for hydroxylation is 1. The molecule has 0 saturated carbocycles. The first-order valence-corrected chi connectivity index (χ1v) is 9.31. The molecule has 0 unspecified atom stereocenters. The van der Waals surface area contributed by atoms with Crippen LogP contribution < -0.4 is 10.0 Å². The van der Waals surface area contributed by atoms with Gasteiger partial charge >= 0.3 is 5.82 Å². The maximum atomic E-state index is 12.2. The summed E-state index contributed by atoms with van der Waals surface area (Å²) in [5, 5.41) is 14.0. The van der Waals surface area contributed by atoms with Crippen molar-refractivity contribution in [2.45, 2.75) is 32.2 Å². The van der Waals surface area contributed by atoms with E-state index in [4.69, 9.17) is 0 Å². The summed E-state index contributed by atoms with van der Waals surface area (Å²) in [5.74, 6) is -0.159. The van der Waals surface area contributed by atoms with Crippen molar-refractivity contribution in [1.82, 2.24) is 14.3 Å². The first kappa shape index (κ1) is 18.9. The fraction of sp³-hybridized carbons (Fsp3) is 0.400. The lowest BCUT2D eigenvalue weighted by Crippen LogP contribution is -2.31. The Labute approximate surface area is 146 Å². The molecule has 25 heavy (non-hydrogen) atoms. The van der Waals surface area contributed by atoms with E-state index in [0.29, 0.717) is 5.56 Å². The van der Waals surface area contributed by atoms with Crippen LogP contribution in [0.15, 0.2) is 30.6 Å². The zero-order valence-electron chi connectivity index (χ0n) is 14.3. The molecule has 2 rings (SSSR count).